The van der Waals surface area contributed by atoms with E-state index in [4.69, 9.17) is 0 Å². The van der Waals surface area contributed by atoms with Crippen molar-refractivity contribution in [3.63, 3.8) is 0 Å². The normalized spacial score (nSPS) is 7.98. The fourth-order valence-electron chi connectivity index (χ4n) is 7.89. The van der Waals surface area contributed by atoms with Crippen molar-refractivity contribution in [3.05, 3.63) is 359 Å². The van der Waals surface area contributed by atoms with Crippen LogP contribution in [-0.4, -0.2) is 0 Å². The average molecular weight is 1430 g/mol. The van der Waals surface area contributed by atoms with Crippen LogP contribution in [-0.2, 0) is 64.2 Å². The second kappa shape index (κ2) is 117. The van der Waals surface area contributed by atoms with Crippen LogP contribution in [0.3, 0.4) is 0 Å². The van der Waals surface area contributed by atoms with E-state index in [1.54, 1.807) is 0 Å². The van der Waals surface area contributed by atoms with Crippen LogP contribution in [0.1, 0.15) is 291 Å². The molecule has 0 saturated carbocycles. The quantitative estimate of drug-likeness (QED) is 0.0904. The second-order valence-corrected chi connectivity index (χ2v) is 19.2. The van der Waals surface area contributed by atoms with Crippen molar-refractivity contribution in [2.75, 3.05) is 0 Å². The molecule has 0 heteroatoms. The summed E-state index contributed by atoms with van der Waals surface area (Å²) in [6, 6.07) is 106. The van der Waals surface area contributed by atoms with Gasteiger partial charge in [-0.25, -0.2) is 0 Å². The second-order valence-electron chi connectivity index (χ2n) is 19.2. The molecule has 0 heterocycles. The van der Waals surface area contributed by atoms with E-state index in [-0.39, 0.29) is 0 Å². The first-order valence-electron chi connectivity index (χ1n) is 42.4. The van der Waals surface area contributed by atoms with Crippen LogP contribution in [0.4, 0.5) is 0 Å². The largest absolute Gasteiger partial charge is 0.0683 e. The molecule has 0 spiro atoms. The van der Waals surface area contributed by atoms with E-state index in [0.717, 1.165) is 70.1 Å². The third-order valence-electron chi connectivity index (χ3n) is 12.8. The van der Waals surface area contributed by atoms with E-state index in [1.165, 1.54) is 62.1 Å². The lowest BCUT2D eigenvalue weighted by molar-refractivity contribution is 0.626. The van der Waals surface area contributed by atoms with Crippen molar-refractivity contribution in [2.24, 2.45) is 5.92 Å². The molecule has 0 N–H and O–H groups in total. The first-order chi connectivity index (χ1) is 52.0. The molecule has 0 amide bonds. The van der Waals surface area contributed by atoms with Gasteiger partial charge in [-0.05, 0) is 126 Å². The minimum atomic E-state index is 0.884. The van der Waals surface area contributed by atoms with Crippen molar-refractivity contribution < 1.29 is 0 Å². The number of hydrogen-bond donors (Lipinski definition) is 0. The molecular formula is C105H172. The van der Waals surface area contributed by atoms with E-state index < -0.39 is 0 Å². The third-order valence-corrected chi connectivity index (χ3v) is 12.8. The Morgan fingerprint density at radius 2 is 0.190 bits per heavy atom. The molecule has 0 radical (unpaired) electrons. The Bertz CT molecular complexity index is 2140. The van der Waals surface area contributed by atoms with Crippen LogP contribution >= 0.6 is 0 Å². The molecule has 0 fully saturated rings. The fraction of sp³-hybridized carbons (Fsp3) is 0.429. The molecule has 0 bridgehead atoms. The van der Waals surface area contributed by atoms with Crippen LogP contribution in [0.25, 0.3) is 0 Å². The molecule has 592 valence electrons. The van der Waals surface area contributed by atoms with E-state index in [0.29, 0.717) is 0 Å². The maximum atomic E-state index is 2.22. The highest BCUT2D eigenvalue weighted by Gasteiger charge is 1.98. The molecule has 0 saturated heterocycles. The summed E-state index contributed by atoms with van der Waals surface area (Å²) in [5.74, 6) is 0.884. The Hall–Kier alpha value is -7.80. The fourth-order valence-corrected chi connectivity index (χ4v) is 7.89. The molecule has 0 aliphatic heterocycles. The molecule has 0 atom stereocenters. The molecule has 105 heavy (non-hydrogen) atoms. The first kappa shape index (κ1) is 121. The predicted octanol–water partition coefficient (Wildman–Crippen LogP) is 34.8. The monoisotopic (exact) mass is 1430 g/mol. The molecule has 10 aromatic rings. The van der Waals surface area contributed by atoms with Crippen LogP contribution in [0, 0.1) is 5.92 Å². The number of aryl methyl sites for hydroxylation is 10. The topological polar surface area (TPSA) is 0 Å². The molecule has 0 nitrogen and oxygen atoms in total. The van der Waals surface area contributed by atoms with Crippen LogP contribution in [0.2, 0.25) is 0 Å². The van der Waals surface area contributed by atoms with Crippen molar-refractivity contribution in [3.8, 4) is 0 Å². The molecule has 0 aliphatic rings. The summed E-state index contributed by atoms with van der Waals surface area (Å²) < 4.78 is 0. The highest BCUT2D eigenvalue weighted by molar-refractivity contribution is 5.25. The van der Waals surface area contributed by atoms with Crippen LogP contribution in [0.15, 0.2) is 303 Å². The molecular weight excluding hydrogens is 1260 g/mol. The van der Waals surface area contributed by atoms with E-state index >= 15 is 0 Å². The minimum Gasteiger partial charge on any atom is -0.0683 e. The lowest BCUT2D eigenvalue weighted by atomic mass is 10.0. The Morgan fingerprint density at radius 3 is 0.238 bits per heavy atom. The highest BCUT2D eigenvalue weighted by Crippen LogP contribution is 2.11. The van der Waals surface area contributed by atoms with Gasteiger partial charge in [0.1, 0.15) is 0 Å². The van der Waals surface area contributed by atoms with E-state index in [9.17, 15) is 0 Å². The SMILES string of the molecule is CC.CC.CC.CC.CC.CC.CC.CC.CC.CC.CC.CC.CC.CC.CC.CCC(C)C.c1ccc(CCc2ccccc2)cc1.c1ccc(CCc2ccccc2)cc1.c1ccc(CCc2ccccc2)cc1.c1ccc(CCc2ccccc2)cc1.c1ccc(CCc2ccccc2)cc1. The zero-order valence-corrected chi connectivity index (χ0v) is 75.2. The maximum Gasteiger partial charge on any atom is -0.0238 e. The average Bonchev–Trinajstić information content (AvgIpc) is 1.53. The van der Waals surface area contributed by atoms with Crippen molar-refractivity contribution in [1.82, 2.24) is 0 Å². The lowest BCUT2D eigenvalue weighted by Gasteiger charge is -2.01. The summed E-state index contributed by atoms with van der Waals surface area (Å²) in [5, 5.41) is 0. The molecule has 0 unspecified atom stereocenters. The summed E-state index contributed by atoms with van der Waals surface area (Å²) in [6.45, 7) is 66.6. The van der Waals surface area contributed by atoms with Gasteiger partial charge in [-0.1, -0.05) is 538 Å². The molecule has 10 rings (SSSR count). The van der Waals surface area contributed by atoms with E-state index in [2.05, 4.69) is 324 Å². The summed E-state index contributed by atoms with van der Waals surface area (Å²) in [5.41, 5.74) is 14.1. The predicted molar refractivity (Wildman–Crippen MR) is 497 cm³/mol. The highest BCUT2D eigenvalue weighted by atomic mass is 14.0. The number of rotatable bonds is 16. The van der Waals surface area contributed by atoms with Gasteiger partial charge in [0, 0.05) is 0 Å². The molecule has 0 aliphatic carbocycles. The Kier molecular flexibility index (Phi) is 135. The maximum absolute atomic E-state index is 2.22. The Balaban J connectivity index is -0.000000105. The van der Waals surface area contributed by atoms with Gasteiger partial charge in [0.15, 0.2) is 0 Å². The van der Waals surface area contributed by atoms with E-state index in [1.807, 2.05) is 208 Å². The number of hydrogen-bond acceptors (Lipinski definition) is 0. The molecule has 10 aromatic carbocycles. The first-order valence-corrected chi connectivity index (χ1v) is 42.4. The summed E-state index contributed by atoms with van der Waals surface area (Å²) in [7, 11) is 0. The minimum absolute atomic E-state index is 0.884. The Morgan fingerprint density at radius 1 is 0.133 bits per heavy atom. The summed E-state index contributed by atoms with van der Waals surface area (Å²) >= 11 is 0. The third kappa shape index (κ3) is 86.7. The van der Waals surface area contributed by atoms with Gasteiger partial charge >= 0.3 is 0 Å². The standard InChI is InChI=1S/5C14H14.C5H12.15C2H6/c5*1-3-7-13(8-4-1)11-12-14-9-5-2-6-10-14;1-4-5(2)3;15*1-2/h5*1-10H,11-12H2;5H,4H2,1-3H3;15*1-2H3. The summed E-state index contributed by atoms with van der Waals surface area (Å²) in [4.78, 5) is 0. The zero-order valence-electron chi connectivity index (χ0n) is 75.2. The smallest absolute Gasteiger partial charge is 0.0238 e. The number of benzene rings is 10. The van der Waals surface area contributed by atoms with Crippen molar-refractivity contribution in [2.45, 2.75) is 299 Å². The Labute approximate surface area is 659 Å². The van der Waals surface area contributed by atoms with Gasteiger partial charge in [-0.15, -0.1) is 0 Å². The molecule has 0 aromatic heterocycles. The van der Waals surface area contributed by atoms with Crippen LogP contribution in [0.5, 0.6) is 0 Å². The zero-order chi connectivity index (χ0) is 82.5. The van der Waals surface area contributed by atoms with Gasteiger partial charge in [0.2, 0.25) is 0 Å². The van der Waals surface area contributed by atoms with Crippen molar-refractivity contribution in [1.29, 1.82) is 0 Å². The van der Waals surface area contributed by atoms with Crippen LogP contribution < -0.4 is 0 Å². The van der Waals surface area contributed by atoms with Gasteiger partial charge in [0.05, 0.1) is 0 Å². The van der Waals surface area contributed by atoms with Gasteiger partial charge in [-0.3, -0.25) is 0 Å². The lowest BCUT2D eigenvalue weighted by Crippen LogP contribution is -1.89. The summed E-state index contributed by atoms with van der Waals surface area (Å²) in [6.07, 6.45) is 12.6. The van der Waals surface area contributed by atoms with Gasteiger partial charge in [0.25, 0.3) is 0 Å². The van der Waals surface area contributed by atoms with Crippen molar-refractivity contribution >= 4 is 0 Å². The van der Waals surface area contributed by atoms with Gasteiger partial charge < -0.3 is 0 Å². The van der Waals surface area contributed by atoms with Gasteiger partial charge in [-0.2, -0.15) is 0 Å².